The molecule has 0 saturated heterocycles. The molecule has 0 fully saturated rings. The average molecular weight is 379 g/mol. The Hall–Kier alpha value is -2.38. The number of hydrogen-bond donors (Lipinski definition) is 1. The van der Waals surface area contributed by atoms with Crippen LogP contribution in [0.25, 0.3) is 0 Å². The summed E-state index contributed by atoms with van der Waals surface area (Å²) in [6, 6.07) is 9.58. The lowest BCUT2D eigenvalue weighted by molar-refractivity contribution is -0.137. The number of nitrogens with zero attached hydrogens (tertiary/aromatic N) is 1. The number of amides is 1. The number of aliphatic hydroxyl groups excluding tert-OH is 1. The van der Waals surface area contributed by atoms with Crippen LogP contribution in [0.5, 0.6) is 0 Å². The lowest BCUT2D eigenvalue weighted by atomic mass is 9.91. The largest absolute Gasteiger partial charge is 0.416 e. The second kappa shape index (κ2) is 6.65. The molecule has 2 aromatic carbocycles. The Kier molecular flexibility index (Phi) is 4.78. The molecular weight excluding hydrogens is 359 g/mol. The van der Waals surface area contributed by atoms with Crippen molar-refractivity contribution in [2.75, 3.05) is 7.11 Å². The van der Waals surface area contributed by atoms with Gasteiger partial charge in [-0.3, -0.25) is 4.79 Å². The van der Waals surface area contributed by atoms with Crippen LogP contribution in [0.15, 0.2) is 42.5 Å². The summed E-state index contributed by atoms with van der Waals surface area (Å²) in [4.78, 5) is 14.6. The van der Waals surface area contributed by atoms with E-state index >= 15 is 0 Å². The Labute approximate surface area is 155 Å². The summed E-state index contributed by atoms with van der Waals surface area (Å²) in [6.45, 7) is 3.96. The van der Waals surface area contributed by atoms with Gasteiger partial charge in [0.1, 0.15) is 0 Å². The molecule has 1 aliphatic rings. The highest BCUT2D eigenvalue weighted by molar-refractivity contribution is 5.95. The van der Waals surface area contributed by atoms with Crippen LogP contribution in [0.2, 0.25) is 0 Å². The SMILES string of the molecule is COC(O)c1cccc2c1CN(C(=O)c1ccc(C(F)(F)F)cc1)C2(C)C. The third kappa shape index (κ3) is 3.33. The van der Waals surface area contributed by atoms with Crippen molar-refractivity contribution in [1.82, 2.24) is 4.90 Å². The first-order valence-electron chi connectivity index (χ1n) is 8.39. The summed E-state index contributed by atoms with van der Waals surface area (Å²) < 4.78 is 43.2. The van der Waals surface area contributed by atoms with Crippen molar-refractivity contribution in [3.8, 4) is 0 Å². The smallest absolute Gasteiger partial charge is 0.364 e. The summed E-state index contributed by atoms with van der Waals surface area (Å²) >= 11 is 0. The van der Waals surface area contributed by atoms with Gasteiger partial charge in [-0.2, -0.15) is 13.2 Å². The van der Waals surface area contributed by atoms with Crippen LogP contribution in [0.4, 0.5) is 13.2 Å². The minimum atomic E-state index is -4.45. The third-order valence-corrected chi connectivity index (χ3v) is 5.06. The van der Waals surface area contributed by atoms with E-state index < -0.39 is 23.6 Å². The Morgan fingerprint density at radius 1 is 1.19 bits per heavy atom. The van der Waals surface area contributed by atoms with Crippen molar-refractivity contribution in [1.29, 1.82) is 0 Å². The van der Waals surface area contributed by atoms with Crippen molar-refractivity contribution in [3.05, 3.63) is 70.3 Å². The zero-order valence-electron chi connectivity index (χ0n) is 15.2. The third-order valence-electron chi connectivity index (χ3n) is 5.06. The fourth-order valence-electron chi connectivity index (χ4n) is 3.50. The number of fused-ring (bicyclic) bond motifs is 1. The molecule has 1 aliphatic heterocycles. The highest BCUT2D eigenvalue weighted by atomic mass is 19.4. The molecule has 1 atom stereocenters. The van der Waals surface area contributed by atoms with Crippen molar-refractivity contribution in [3.63, 3.8) is 0 Å². The number of ether oxygens (including phenoxy) is 1. The number of rotatable bonds is 3. The first-order chi connectivity index (χ1) is 12.6. The van der Waals surface area contributed by atoms with E-state index in [1.54, 1.807) is 17.0 Å². The molecule has 0 spiro atoms. The molecule has 1 unspecified atom stereocenters. The second-order valence-electron chi connectivity index (χ2n) is 6.99. The second-order valence-corrected chi connectivity index (χ2v) is 6.99. The normalized spacial score (nSPS) is 16.9. The topological polar surface area (TPSA) is 49.8 Å². The Balaban J connectivity index is 1.95. The number of benzene rings is 2. The molecule has 0 radical (unpaired) electrons. The number of alkyl halides is 3. The summed E-state index contributed by atoms with van der Waals surface area (Å²) in [5.41, 5.74) is 0.934. The van der Waals surface area contributed by atoms with E-state index in [4.69, 9.17) is 4.74 Å². The lowest BCUT2D eigenvalue weighted by Gasteiger charge is -2.32. The van der Waals surface area contributed by atoms with Gasteiger partial charge in [0, 0.05) is 24.8 Å². The first-order valence-corrected chi connectivity index (χ1v) is 8.39. The fraction of sp³-hybridized carbons (Fsp3) is 0.350. The number of halogens is 3. The van der Waals surface area contributed by atoms with Crippen LogP contribution in [0, 0.1) is 0 Å². The predicted molar refractivity (Wildman–Crippen MR) is 92.8 cm³/mol. The Morgan fingerprint density at radius 2 is 1.81 bits per heavy atom. The van der Waals surface area contributed by atoms with Gasteiger partial charge in [-0.25, -0.2) is 0 Å². The lowest BCUT2D eigenvalue weighted by Crippen LogP contribution is -2.40. The monoisotopic (exact) mass is 379 g/mol. The summed E-state index contributed by atoms with van der Waals surface area (Å²) in [6.07, 6.45) is -5.56. The van der Waals surface area contributed by atoms with E-state index in [9.17, 15) is 23.1 Å². The zero-order chi connectivity index (χ0) is 20.0. The summed E-state index contributed by atoms with van der Waals surface area (Å²) in [5.74, 6) is -0.372. The van der Waals surface area contributed by atoms with Gasteiger partial charge in [-0.1, -0.05) is 18.2 Å². The highest BCUT2D eigenvalue weighted by Gasteiger charge is 2.42. The number of hydrogen-bond acceptors (Lipinski definition) is 3. The van der Waals surface area contributed by atoms with Crippen molar-refractivity contribution in [2.45, 2.75) is 38.4 Å². The van der Waals surface area contributed by atoms with E-state index in [1.165, 1.54) is 19.2 Å². The molecule has 0 aromatic heterocycles. The zero-order valence-corrected chi connectivity index (χ0v) is 15.2. The molecule has 1 heterocycles. The van der Waals surface area contributed by atoms with E-state index in [0.717, 1.165) is 23.3 Å². The molecule has 27 heavy (non-hydrogen) atoms. The highest BCUT2D eigenvalue weighted by Crippen LogP contribution is 2.42. The van der Waals surface area contributed by atoms with Gasteiger partial charge in [-0.05, 0) is 49.2 Å². The quantitative estimate of drug-likeness (QED) is 0.812. The van der Waals surface area contributed by atoms with Crippen LogP contribution in [-0.2, 0) is 23.0 Å². The molecule has 0 aliphatic carbocycles. The van der Waals surface area contributed by atoms with Crippen LogP contribution in [0.1, 0.15) is 52.7 Å². The van der Waals surface area contributed by atoms with E-state index in [2.05, 4.69) is 0 Å². The van der Waals surface area contributed by atoms with Gasteiger partial charge in [0.05, 0.1) is 11.1 Å². The molecule has 1 amide bonds. The number of aliphatic hydroxyl groups is 1. The van der Waals surface area contributed by atoms with E-state index in [-0.39, 0.29) is 18.0 Å². The summed E-state index contributed by atoms with van der Waals surface area (Å²) in [5, 5.41) is 10.1. The van der Waals surface area contributed by atoms with Crippen molar-refractivity contribution in [2.24, 2.45) is 0 Å². The maximum Gasteiger partial charge on any atom is 0.416 e. The van der Waals surface area contributed by atoms with E-state index in [1.807, 2.05) is 19.9 Å². The Morgan fingerprint density at radius 3 is 2.37 bits per heavy atom. The molecule has 2 aromatic rings. The predicted octanol–water partition coefficient (Wildman–Crippen LogP) is 4.23. The van der Waals surface area contributed by atoms with Gasteiger partial charge >= 0.3 is 6.18 Å². The molecule has 0 saturated carbocycles. The van der Waals surface area contributed by atoms with Gasteiger partial charge in [-0.15, -0.1) is 0 Å². The standard InChI is InChI=1S/C20H20F3NO3/c1-19(2)16-6-4-5-14(18(26)27-3)15(16)11-24(19)17(25)12-7-9-13(10-8-12)20(21,22)23/h4-10,18,26H,11H2,1-3H3. The molecular formula is C20H20F3NO3. The van der Waals surface area contributed by atoms with Crippen LogP contribution in [0.3, 0.4) is 0 Å². The minimum Gasteiger partial charge on any atom is -0.364 e. The molecule has 0 bridgehead atoms. The van der Waals surface area contributed by atoms with Crippen molar-refractivity contribution < 1.29 is 27.8 Å². The van der Waals surface area contributed by atoms with E-state index in [0.29, 0.717) is 5.56 Å². The molecule has 144 valence electrons. The maximum atomic E-state index is 13.0. The number of methoxy groups -OCH3 is 1. The number of carbonyl (C=O) groups excluding carboxylic acids is 1. The molecule has 7 heteroatoms. The van der Waals surface area contributed by atoms with Crippen molar-refractivity contribution >= 4 is 5.91 Å². The minimum absolute atomic E-state index is 0.178. The van der Waals surface area contributed by atoms with Gasteiger partial charge in [0.15, 0.2) is 6.29 Å². The molecule has 1 N–H and O–H groups in total. The van der Waals surface area contributed by atoms with Crippen LogP contribution < -0.4 is 0 Å². The maximum absolute atomic E-state index is 13.0. The molecule has 4 nitrogen and oxygen atoms in total. The van der Waals surface area contributed by atoms with Gasteiger partial charge in [0.25, 0.3) is 5.91 Å². The fourth-order valence-corrected chi connectivity index (χ4v) is 3.50. The average Bonchev–Trinajstić information content (AvgIpc) is 2.91. The van der Waals surface area contributed by atoms with Gasteiger partial charge in [0.2, 0.25) is 0 Å². The first kappa shape index (κ1) is 19.4. The molecule has 3 rings (SSSR count). The van der Waals surface area contributed by atoms with Crippen LogP contribution in [-0.4, -0.2) is 23.0 Å². The Bertz CT molecular complexity index is 860. The summed E-state index contributed by atoms with van der Waals surface area (Å²) in [7, 11) is 1.38. The van der Waals surface area contributed by atoms with Crippen LogP contribution >= 0.6 is 0 Å². The number of carbonyl (C=O) groups is 1. The van der Waals surface area contributed by atoms with Gasteiger partial charge < -0.3 is 14.7 Å².